The summed E-state index contributed by atoms with van der Waals surface area (Å²) in [6, 6.07) is -3.85. The van der Waals surface area contributed by atoms with E-state index in [4.69, 9.17) is 20.3 Å². The number of carboxylic acids is 1. The minimum absolute atomic E-state index is 0.109. The Kier molecular flexibility index (Phi) is 30.8. The number of aliphatic carboxylic acids is 1. The molecule has 0 aliphatic rings. The van der Waals surface area contributed by atoms with Crippen molar-refractivity contribution in [1.29, 1.82) is 0 Å². The molecule has 0 unspecified atom stereocenters. The molecule has 55 heavy (non-hydrogen) atoms. The number of primary amides is 1. The molecule has 0 bridgehead atoms. The quantitative estimate of drug-likeness (QED) is 0.0297. The second kappa shape index (κ2) is 32.8. The Morgan fingerprint density at radius 2 is 1.16 bits per heavy atom. The molecule has 0 aliphatic heterocycles. The predicted molar refractivity (Wildman–Crippen MR) is 215 cm³/mol. The van der Waals surface area contributed by atoms with E-state index in [9.17, 15) is 33.6 Å². The fraction of sp³-hybridized carbons (Fsp3) is 0.825. The molecule has 0 heterocycles. The van der Waals surface area contributed by atoms with E-state index >= 15 is 0 Å². The molecule has 0 aromatic heterocycles. The zero-order valence-electron chi connectivity index (χ0n) is 34.1. The summed E-state index contributed by atoms with van der Waals surface area (Å²) in [5.74, 6) is -5.45. The molecule has 0 aromatic rings. The minimum Gasteiger partial charge on any atom is -0.481 e. The third kappa shape index (κ3) is 27.0. The van der Waals surface area contributed by atoms with Crippen LogP contribution < -0.4 is 16.4 Å². The summed E-state index contributed by atoms with van der Waals surface area (Å²) in [6.45, 7) is 6.16. The van der Waals surface area contributed by atoms with Crippen LogP contribution in [0.3, 0.4) is 0 Å². The summed E-state index contributed by atoms with van der Waals surface area (Å²) < 4.78 is 11.3. The van der Waals surface area contributed by atoms with Gasteiger partial charge in [0.2, 0.25) is 23.6 Å². The maximum Gasteiger partial charge on any atom is 0.306 e. The molecule has 14 nitrogen and oxygen atoms in total. The molecule has 15 heteroatoms. The van der Waals surface area contributed by atoms with Crippen LogP contribution >= 0.6 is 12.6 Å². The van der Waals surface area contributed by atoms with Crippen molar-refractivity contribution in [2.24, 2.45) is 5.73 Å². The molecule has 4 atom stereocenters. The van der Waals surface area contributed by atoms with Gasteiger partial charge in [0.25, 0.3) is 0 Å². The Balaban J connectivity index is 5.86. The molecule has 0 rings (SSSR count). The number of ether oxygens (including phenoxy) is 2. The molecule has 0 radical (unpaired) electrons. The highest BCUT2D eigenvalue weighted by atomic mass is 32.1. The number of hydrogen-bond donors (Lipinski definition) is 5. The number of rotatable bonds is 35. The molecule has 4 amide bonds. The van der Waals surface area contributed by atoms with Crippen LogP contribution in [0, 0.1) is 0 Å². The van der Waals surface area contributed by atoms with E-state index in [1.54, 1.807) is 0 Å². The number of amides is 4. The number of carbonyl (C=O) groups is 7. The van der Waals surface area contributed by atoms with Gasteiger partial charge in [-0.3, -0.25) is 33.6 Å². The fourth-order valence-electron chi connectivity index (χ4n) is 6.06. The maximum atomic E-state index is 13.9. The van der Waals surface area contributed by atoms with Gasteiger partial charge >= 0.3 is 17.9 Å². The second-order valence-electron chi connectivity index (χ2n) is 14.4. The summed E-state index contributed by atoms with van der Waals surface area (Å²) in [7, 11) is 0. The topological polar surface area (TPSA) is 211 Å². The molecule has 0 spiro atoms. The van der Waals surface area contributed by atoms with E-state index in [0.29, 0.717) is 12.8 Å². The van der Waals surface area contributed by atoms with E-state index in [-0.39, 0.29) is 31.6 Å². The van der Waals surface area contributed by atoms with Crippen LogP contribution in [0.1, 0.15) is 169 Å². The van der Waals surface area contributed by atoms with Gasteiger partial charge in [-0.05, 0) is 26.2 Å². The predicted octanol–water partition coefficient (Wildman–Crippen LogP) is 5.77. The Hall–Kier alpha value is -3.36. The third-order valence-corrected chi connectivity index (χ3v) is 9.76. The molecular formula is C40H72N4O10S. The number of thiol groups is 1. The first-order valence-electron chi connectivity index (χ1n) is 20.6. The number of unbranched alkanes of at least 4 members (excludes halogenated alkanes) is 16. The number of nitrogens with two attached hydrogens (primary N) is 1. The Labute approximate surface area is 334 Å². The summed E-state index contributed by atoms with van der Waals surface area (Å²) in [4.78, 5) is 89.3. The number of nitrogens with one attached hydrogen (secondary N) is 2. The van der Waals surface area contributed by atoms with Crippen LogP contribution in [0.15, 0.2) is 0 Å². The van der Waals surface area contributed by atoms with Gasteiger partial charge < -0.3 is 35.8 Å². The average molecular weight is 801 g/mol. The molecule has 0 aromatic carbocycles. The van der Waals surface area contributed by atoms with Gasteiger partial charge in [0.1, 0.15) is 24.7 Å². The van der Waals surface area contributed by atoms with Crippen molar-refractivity contribution in [2.45, 2.75) is 193 Å². The number of esters is 2. The van der Waals surface area contributed by atoms with Crippen LogP contribution in [0.4, 0.5) is 0 Å². The molecule has 0 saturated heterocycles. The number of nitrogens with zero attached hydrogens (tertiary/aromatic N) is 1. The lowest BCUT2D eigenvalue weighted by Gasteiger charge is -2.34. The average Bonchev–Trinajstić information content (AvgIpc) is 3.14. The monoisotopic (exact) mass is 800 g/mol. The van der Waals surface area contributed by atoms with Crippen LogP contribution in [-0.4, -0.2) is 94.7 Å². The molecule has 0 saturated carbocycles. The first kappa shape index (κ1) is 51.6. The number of carboxylic acid groups (broad SMARTS) is 1. The molecule has 5 N–H and O–H groups in total. The van der Waals surface area contributed by atoms with Gasteiger partial charge in [0.05, 0.1) is 6.54 Å². The van der Waals surface area contributed by atoms with Gasteiger partial charge in [0, 0.05) is 31.9 Å². The SMILES string of the molecule is CCCCCCCCCCCC(=O)OC[C@@H](CN(C(=O)[C@H](CS)NC(C)=O)[C@@H](C)C(=O)N[C@H](CCC(=O)O)C(N)=O)OC(=O)CCCCCCCCCCC. The normalized spacial score (nSPS) is 13.2. The van der Waals surface area contributed by atoms with Crippen molar-refractivity contribution in [2.75, 3.05) is 18.9 Å². The highest BCUT2D eigenvalue weighted by Gasteiger charge is 2.35. The van der Waals surface area contributed by atoms with E-state index in [1.807, 2.05) is 0 Å². The van der Waals surface area contributed by atoms with Crippen molar-refractivity contribution in [3.63, 3.8) is 0 Å². The minimum atomic E-state index is -1.34. The molecule has 0 aliphatic carbocycles. The standard InChI is InChI=1S/C40H72N4O10S/c1-5-7-9-11-13-15-17-19-21-23-36(48)53-28-32(54-37(49)24-22-20-18-16-14-12-10-8-6-2)27-44(40(52)34(29-55)42-31(4)45)30(3)39(51)43-33(38(41)50)25-26-35(46)47/h30,32-34,55H,5-29H2,1-4H3,(H2,41,50)(H,42,45)(H,43,51)(H,46,47)/t30-,32+,33+,34-/m0/s1. The molecular weight excluding hydrogens is 729 g/mol. The van der Waals surface area contributed by atoms with E-state index in [2.05, 4.69) is 37.1 Å². The van der Waals surface area contributed by atoms with Crippen molar-refractivity contribution in [3.05, 3.63) is 0 Å². The summed E-state index contributed by atoms with van der Waals surface area (Å²) in [5, 5.41) is 14.0. The largest absolute Gasteiger partial charge is 0.481 e. The first-order valence-corrected chi connectivity index (χ1v) is 21.2. The van der Waals surface area contributed by atoms with Crippen molar-refractivity contribution >= 4 is 54.2 Å². The van der Waals surface area contributed by atoms with Crippen molar-refractivity contribution in [3.8, 4) is 0 Å². The Morgan fingerprint density at radius 3 is 1.60 bits per heavy atom. The summed E-state index contributed by atoms with van der Waals surface area (Å²) >= 11 is 4.21. The molecule has 0 fully saturated rings. The zero-order chi connectivity index (χ0) is 41.4. The first-order chi connectivity index (χ1) is 26.3. The zero-order valence-corrected chi connectivity index (χ0v) is 35.0. The lowest BCUT2D eigenvalue weighted by Crippen LogP contribution is -2.59. The van der Waals surface area contributed by atoms with Gasteiger partial charge in [-0.25, -0.2) is 0 Å². The Bertz CT molecular complexity index is 1140. The van der Waals surface area contributed by atoms with E-state index < -0.39 is 78.7 Å². The third-order valence-electron chi connectivity index (χ3n) is 9.39. The molecule has 318 valence electrons. The van der Waals surface area contributed by atoms with Crippen LogP contribution in [-0.2, 0) is 43.0 Å². The fourth-order valence-corrected chi connectivity index (χ4v) is 6.31. The maximum absolute atomic E-state index is 13.9. The van der Waals surface area contributed by atoms with E-state index in [0.717, 1.165) is 49.8 Å². The Morgan fingerprint density at radius 1 is 0.691 bits per heavy atom. The summed E-state index contributed by atoms with van der Waals surface area (Å²) in [5.41, 5.74) is 5.42. The van der Waals surface area contributed by atoms with Crippen LogP contribution in [0.5, 0.6) is 0 Å². The lowest BCUT2D eigenvalue weighted by molar-refractivity contribution is -0.163. The van der Waals surface area contributed by atoms with Gasteiger partial charge in [-0.2, -0.15) is 12.6 Å². The highest BCUT2D eigenvalue weighted by molar-refractivity contribution is 7.80. The van der Waals surface area contributed by atoms with Gasteiger partial charge in [0.15, 0.2) is 6.10 Å². The van der Waals surface area contributed by atoms with Crippen molar-refractivity contribution < 1.29 is 48.1 Å². The number of hydrogen-bond acceptors (Lipinski definition) is 10. The number of carbonyl (C=O) groups excluding carboxylic acids is 6. The lowest BCUT2D eigenvalue weighted by atomic mass is 10.1. The van der Waals surface area contributed by atoms with Crippen molar-refractivity contribution in [1.82, 2.24) is 15.5 Å². The van der Waals surface area contributed by atoms with Crippen LogP contribution in [0.25, 0.3) is 0 Å². The van der Waals surface area contributed by atoms with Gasteiger partial charge in [-0.15, -0.1) is 0 Å². The second-order valence-corrected chi connectivity index (χ2v) is 14.8. The smallest absolute Gasteiger partial charge is 0.306 e. The van der Waals surface area contributed by atoms with Crippen LogP contribution in [0.2, 0.25) is 0 Å². The van der Waals surface area contributed by atoms with E-state index in [1.165, 1.54) is 71.6 Å². The van der Waals surface area contributed by atoms with Gasteiger partial charge in [-0.1, -0.05) is 117 Å². The summed E-state index contributed by atoms with van der Waals surface area (Å²) in [6.07, 6.45) is 17.6. The highest BCUT2D eigenvalue weighted by Crippen LogP contribution is 2.15.